The van der Waals surface area contributed by atoms with Gasteiger partial charge in [-0.3, -0.25) is 4.79 Å². The van der Waals surface area contributed by atoms with Crippen molar-refractivity contribution in [1.82, 2.24) is 0 Å². The average Bonchev–Trinajstić information content (AvgIpc) is 2.25. The van der Waals surface area contributed by atoms with Gasteiger partial charge in [-0.2, -0.15) is 0 Å². The topological polar surface area (TPSA) is 17.1 Å². The second-order valence-corrected chi connectivity index (χ2v) is 4.53. The third-order valence-corrected chi connectivity index (χ3v) is 2.76. The van der Waals surface area contributed by atoms with Crippen LogP contribution in [0, 0.1) is 24.4 Å². The van der Waals surface area contributed by atoms with Crippen LogP contribution in [-0.2, 0) is 0 Å². The van der Waals surface area contributed by atoms with Gasteiger partial charge in [-0.25, -0.2) is 13.2 Å². The van der Waals surface area contributed by atoms with Gasteiger partial charge in [0.15, 0.2) is 5.78 Å². The zero-order valence-electron chi connectivity index (χ0n) is 9.81. The fraction of sp³-hybridized carbons (Fsp3) is 0.0714. The van der Waals surface area contributed by atoms with E-state index in [1.54, 1.807) is 13.0 Å². The Morgan fingerprint density at radius 2 is 1.58 bits per heavy atom. The summed E-state index contributed by atoms with van der Waals surface area (Å²) in [5.74, 6) is -4.42. The zero-order valence-corrected chi connectivity index (χ0v) is 10.6. The number of hydrogen-bond donors (Lipinski definition) is 0. The van der Waals surface area contributed by atoms with Gasteiger partial charge < -0.3 is 0 Å². The Kier molecular flexibility index (Phi) is 3.62. The Balaban J connectivity index is 2.56. The van der Waals surface area contributed by atoms with E-state index < -0.39 is 28.8 Å². The van der Waals surface area contributed by atoms with E-state index in [4.69, 9.17) is 11.6 Å². The molecule has 0 aliphatic rings. The van der Waals surface area contributed by atoms with Gasteiger partial charge in [0.25, 0.3) is 0 Å². The van der Waals surface area contributed by atoms with Gasteiger partial charge in [0.2, 0.25) is 0 Å². The quantitative estimate of drug-likeness (QED) is 0.752. The van der Waals surface area contributed by atoms with E-state index >= 15 is 0 Å². The Hall–Kier alpha value is -1.81. The van der Waals surface area contributed by atoms with Crippen LogP contribution < -0.4 is 0 Å². The van der Waals surface area contributed by atoms with Gasteiger partial charge in [-0.15, -0.1) is 0 Å². The molecular weight excluding hydrogens is 277 g/mol. The van der Waals surface area contributed by atoms with Gasteiger partial charge in [0.1, 0.15) is 17.5 Å². The number of rotatable bonds is 2. The summed E-state index contributed by atoms with van der Waals surface area (Å²) < 4.78 is 39.8. The minimum atomic E-state index is -1.24. The van der Waals surface area contributed by atoms with Crippen molar-refractivity contribution in [2.45, 2.75) is 6.92 Å². The normalized spacial score (nSPS) is 10.6. The van der Waals surface area contributed by atoms with Crippen molar-refractivity contribution in [3.8, 4) is 0 Å². The maximum absolute atomic E-state index is 13.5. The molecule has 2 aromatic rings. The van der Waals surface area contributed by atoms with E-state index in [0.29, 0.717) is 17.7 Å². The molecule has 19 heavy (non-hydrogen) atoms. The van der Waals surface area contributed by atoms with Crippen molar-refractivity contribution in [1.29, 1.82) is 0 Å². The Morgan fingerprint density at radius 1 is 1.00 bits per heavy atom. The molecule has 0 saturated carbocycles. The van der Waals surface area contributed by atoms with Crippen molar-refractivity contribution in [3.63, 3.8) is 0 Å². The molecule has 0 aliphatic carbocycles. The van der Waals surface area contributed by atoms with Gasteiger partial charge in [-0.05, 0) is 30.7 Å². The molecule has 0 aromatic heterocycles. The van der Waals surface area contributed by atoms with E-state index in [1.807, 2.05) is 0 Å². The summed E-state index contributed by atoms with van der Waals surface area (Å²) in [5.41, 5.74) is -0.0590. The van der Waals surface area contributed by atoms with Crippen molar-refractivity contribution in [3.05, 3.63) is 69.5 Å². The van der Waals surface area contributed by atoms with E-state index in [1.165, 1.54) is 12.1 Å². The Bertz CT molecular complexity index is 624. The highest BCUT2D eigenvalue weighted by Crippen LogP contribution is 2.22. The molecule has 0 radical (unpaired) electrons. The summed E-state index contributed by atoms with van der Waals surface area (Å²) in [4.78, 5) is 12.0. The predicted molar refractivity (Wildman–Crippen MR) is 65.9 cm³/mol. The van der Waals surface area contributed by atoms with Crippen LogP contribution in [0.2, 0.25) is 5.02 Å². The first-order chi connectivity index (χ1) is 8.88. The van der Waals surface area contributed by atoms with E-state index in [9.17, 15) is 18.0 Å². The van der Waals surface area contributed by atoms with Crippen LogP contribution in [0.15, 0.2) is 30.3 Å². The van der Waals surface area contributed by atoms with Gasteiger partial charge in [-0.1, -0.05) is 11.6 Å². The zero-order chi connectivity index (χ0) is 14.2. The predicted octanol–water partition coefficient (Wildman–Crippen LogP) is 4.30. The summed E-state index contributed by atoms with van der Waals surface area (Å²) in [6.45, 7) is 1.69. The van der Waals surface area contributed by atoms with Crippen molar-refractivity contribution in [2.24, 2.45) is 0 Å². The van der Waals surface area contributed by atoms with Gasteiger partial charge in [0.05, 0.1) is 5.56 Å². The molecular formula is C14H8ClF3O. The van der Waals surface area contributed by atoms with Gasteiger partial charge in [0, 0.05) is 22.7 Å². The third-order valence-electron chi connectivity index (χ3n) is 2.54. The van der Waals surface area contributed by atoms with Crippen LogP contribution in [0.5, 0.6) is 0 Å². The molecule has 0 amide bonds. The molecule has 0 N–H and O–H groups in total. The lowest BCUT2D eigenvalue weighted by Gasteiger charge is -2.06. The highest BCUT2D eigenvalue weighted by molar-refractivity contribution is 6.31. The van der Waals surface area contributed by atoms with Crippen LogP contribution in [-0.4, -0.2) is 5.78 Å². The van der Waals surface area contributed by atoms with Crippen molar-refractivity contribution in [2.75, 3.05) is 0 Å². The molecule has 2 aromatic carbocycles. The average molecular weight is 285 g/mol. The molecule has 0 fully saturated rings. The lowest BCUT2D eigenvalue weighted by atomic mass is 10.0. The molecule has 0 bridgehead atoms. The van der Waals surface area contributed by atoms with Crippen LogP contribution >= 0.6 is 11.6 Å². The van der Waals surface area contributed by atoms with E-state index in [2.05, 4.69) is 0 Å². The summed E-state index contributed by atoms with van der Waals surface area (Å²) in [7, 11) is 0. The molecule has 0 spiro atoms. The first-order valence-electron chi connectivity index (χ1n) is 5.35. The third kappa shape index (κ3) is 2.79. The molecule has 0 unspecified atom stereocenters. The fourth-order valence-electron chi connectivity index (χ4n) is 1.77. The van der Waals surface area contributed by atoms with Crippen LogP contribution in [0.3, 0.4) is 0 Å². The van der Waals surface area contributed by atoms with Crippen molar-refractivity contribution >= 4 is 17.4 Å². The van der Waals surface area contributed by atoms with E-state index in [-0.39, 0.29) is 10.6 Å². The Morgan fingerprint density at radius 3 is 2.11 bits per heavy atom. The molecule has 0 atom stereocenters. The largest absolute Gasteiger partial charge is 0.288 e. The minimum absolute atomic E-state index is 0.0504. The molecule has 0 aliphatic heterocycles. The van der Waals surface area contributed by atoms with Crippen LogP contribution in [0.4, 0.5) is 13.2 Å². The smallest absolute Gasteiger partial charge is 0.199 e. The number of hydrogen-bond acceptors (Lipinski definition) is 1. The number of ketones is 1. The maximum Gasteiger partial charge on any atom is 0.199 e. The number of aryl methyl sites for hydroxylation is 1. The van der Waals surface area contributed by atoms with Crippen molar-refractivity contribution < 1.29 is 18.0 Å². The molecule has 2 rings (SSSR count). The second-order valence-electron chi connectivity index (χ2n) is 4.09. The monoisotopic (exact) mass is 284 g/mol. The highest BCUT2D eigenvalue weighted by atomic mass is 35.5. The number of carbonyl (C=O) groups excluding carboxylic acids is 1. The fourth-order valence-corrected chi connectivity index (χ4v) is 2.06. The van der Waals surface area contributed by atoms with Gasteiger partial charge >= 0.3 is 0 Å². The first kappa shape index (κ1) is 13.6. The second kappa shape index (κ2) is 5.05. The van der Waals surface area contributed by atoms with Crippen LogP contribution in [0.25, 0.3) is 0 Å². The Labute approximate surface area is 112 Å². The number of carbonyl (C=O) groups is 1. The molecule has 0 heterocycles. The standard InChI is InChI=1S/C14H8ClF3O/c1-7-2-8(4-9(15)3-7)14(19)13-11(17)5-10(16)6-12(13)18/h2-6H,1H3. The number of benzene rings is 2. The molecule has 98 valence electrons. The van der Waals surface area contributed by atoms with E-state index in [0.717, 1.165) is 0 Å². The lowest BCUT2D eigenvalue weighted by Crippen LogP contribution is -2.08. The summed E-state index contributed by atoms with van der Waals surface area (Å²) in [6.07, 6.45) is 0. The lowest BCUT2D eigenvalue weighted by molar-refractivity contribution is 0.103. The molecule has 1 nitrogen and oxygen atoms in total. The number of halogens is 4. The maximum atomic E-state index is 13.5. The summed E-state index contributed by atoms with van der Waals surface area (Å²) >= 11 is 5.79. The minimum Gasteiger partial charge on any atom is -0.288 e. The highest BCUT2D eigenvalue weighted by Gasteiger charge is 2.20. The molecule has 0 saturated heterocycles. The first-order valence-corrected chi connectivity index (χ1v) is 5.72. The summed E-state index contributed by atoms with van der Waals surface area (Å²) in [5, 5.41) is 0.284. The SMILES string of the molecule is Cc1cc(Cl)cc(C(=O)c2c(F)cc(F)cc2F)c1. The molecule has 5 heteroatoms. The summed E-state index contributed by atoms with van der Waals surface area (Å²) in [6, 6.07) is 5.30. The van der Waals surface area contributed by atoms with Crippen LogP contribution in [0.1, 0.15) is 21.5 Å².